The van der Waals surface area contributed by atoms with Gasteiger partial charge in [-0.05, 0) is 51.3 Å². The van der Waals surface area contributed by atoms with Crippen LogP contribution in [0.15, 0.2) is 30.5 Å². The van der Waals surface area contributed by atoms with Crippen molar-refractivity contribution in [2.24, 2.45) is 5.92 Å². The molecule has 1 saturated heterocycles. The highest BCUT2D eigenvalue weighted by atomic mass is 15.3. The van der Waals surface area contributed by atoms with E-state index >= 15 is 0 Å². The molecule has 2 aromatic rings. The molecule has 0 radical (unpaired) electrons. The van der Waals surface area contributed by atoms with Crippen LogP contribution >= 0.6 is 0 Å². The summed E-state index contributed by atoms with van der Waals surface area (Å²) in [5, 5.41) is 8.08. The second-order valence-corrected chi connectivity index (χ2v) is 5.91. The van der Waals surface area contributed by atoms with Crippen molar-refractivity contribution in [3.8, 4) is 11.1 Å². The van der Waals surface area contributed by atoms with Crippen LogP contribution in [0.25, 0.3) is 11.1 Å². The number of benzene rings is 1. The van der Waals surface area contributed by atoms with Crippen molar-refractivity contribution >= 4 is 0 Å². The Morgan fingerprint density at radius 1 is 1.35 bits per heavy atom. The topological polar surface area (TPSA) is 29.9 Å². The summed E-state index contributed by atoms with van der Waals surface area (Å²) in [4.78, 5) is 0. The van der Waals surface area contributed by atoms with Gasteiger partial charge in [-0.25, -0.2) is 0 Å². The van der Waals surface area contributed by atoms with Gasteiger partial charge >= 0.3 is 0 Å². The maximum Gasteiger partial charge on any atom is 0.0571 e. The number of nitrogens with zero attached hydrogens (tertiary/aromatic N) is 2. The average molecular weight is 269 g/mol. The van der Waals surface area contributed by atoms with Gasteiger partial charge in [-0.1, -0.05) is 29.8 Å². The third-order valence-corrected chi connectivity index (χ3v) is 4.26. The molecule has 3 rings (SSSR count). The van der Waals surface area contributed by atoms with E-state index in [9.17, 15) is 0 Å². The van der Waals surface area contributed by atoms with Gasteiger partial charge in [-0.3, -0.25) is 4.68 Å². The number of piperidine rings is 1. The number of hydrogen-bond acceptors (Lipinski definition) is 2. The number of hydrogen-bond donors (Lipinski definition) is 1. The summed E-state index contributed by atoms with van der Waals surface area (Å²) in [6, 6.07) is 8.66. The molecular weight excluding hydrogens is 246 g/mol. The van der Waals surface area contributed by atoms with Crippen LogP contribution in [0, 0.1) is 19.8 Å². The molecule has 0 saturated carbocycles. The lowest BCUT2D eigenvalue weighted by atomic mass is 9.99. The van der Waals surface area contributed by atoms with E-state index < -0.39 is 0 Å². The first-order chi connectivity index (χ1) is 9.74. The molecular formula is C17H23N3. The summed E-state index contributed by atoms with van der Waals surface area (Å²) >= 11 is 0. The lowest BCUT2D eigenvalue weighted by molar-refractivity contribution is 0.323. The zero-order valence-electron chi connectivity index (χ0n) is 12.4. The second-order valence-electron chi connectivity index (χ2n) is 5.91. The summed E-state index contributed by atoms with van der Waals surface area (Å²) in [6.07, 6.45) is 4.61. The third-order valence-electron chi connectivity index (χ3n) is 4.26. The van der Waals surface area contributed by atoms with Crippen molar-refractivity contribution in [1.29, 1.82) is 0 Å². The molecule has 1 aromatic heterocycles. The van der Waals surface area contributed by atoms with Crippen molar-refractivity contribution in [1.82, 2.24) is 15.1 Å². The van der Waals surface area contributed by atoms with E-state index in [4.69, 9.17) is 0 Å². The number of nitrogens with one attached hydrogen (secondary N) is 1. The Balaban J connectivity index is 1.81. The predicted molar refractivity (Wildman–Crippen MR) is 82.7 cm³/mol. The first-order valence-electron chi connectivity index (χ1n) is 7.54. The Morgan fingerprint density at radius 2 is 2.25 bits per heavy atom. The van der Waals surface area contributed by atoms with Crippen LogP contribution in [0.2, 0.25) is 0 Å². The molecule has 0 spiro atoms. The zero-order chi connectivity index (χ0) is 13.9. The highest BCUT2D eigenvalue weighted by molar-refractivity contribution is 5.65. The van der Waals surface area contributed by atoms with Crippen LogP contribution in [0.4, 0.5) is 0 Å². The summed E-state index contributed by atoms with van der Waals surface area (Å²) in [5.74, 6) is 0.715. The van der Waals surface area contributed by atoms with Crippen LogP contribution < -0.4 is 5.32 Å². The fourth-order valence-electron chi connectivity index (χ4n) is 3.05. The number of aryl methyl sites for hydroxylation is 1. The molecule has 1 atom stereocenters. The van der Waals surface area contributed by atoms with E-state index in [1.54, 1.807) is 0 Å². The van der Waals surface area contributed by atoms with Crippen molar-refractivity contribution in [3.05, 3.63) is 41.7 Å². The van der Waals surface area contributed by atoms with Gasteiger partial charge in [-0.15, -0.1) is 0 Å². The number of rotatable bonds is 3. The van der Waals surface area contributed by atoms with Crippen LogP contribution in [0.3, 0.4) is 0 Å². The minimum absolute atomic E-state index is 0.715. The van der Waals surface area contributed by atoms with Crippen LogP contribution in [-0.4, -0.2) is 22.9 Å². The molecule has 0 bridgehead atoms. The van der Waals surface area contributed by atoms with E-state index in [0.29, 0.717) is 5.92 Å². The molecule has 20 heavy (non-hydrogen) atoms. The van der Waals surface area contributed by atoms with Crippen molar-refractivity contribution in [3.63, 3.8) is 0 Å². The smallest absolute Gasteiger partial charge is 0.0571 e. The van der Waals surface area contributed by atoms with Gasteiger partial charge < -0.3 is 5.32 Å². The minimum atomic E-state index is 0.715. The van der Waals surface area contributed by atoms with Gasteiger partial charge in [0.1, 0.15) is 0 Å². The monoisotopic (exact) mass is 269 g/mol. The molecule has 1 aliphatic heterocycles. The lowest BCUT2D eigenvalue weighted by Crippen LogP contribution is -2.32. The van der Waals surface area contributed by atoms with E-state index in [1.165, 1.54) is 41.8 Å². The molecule has 0 amide bonds. The Morgan fingerprint density at radius 3 is 3.00 bits per heavy atom. The molecule has 1 aliphatic rings. The first kappa shape index (κ1) is 13.4. The Hall–Kier alpha value is -1.61. The Bertz CT molecular complexity index is 580. The van der Waals surface area contributed by atoms with Gasteiger partial charge in [-0.2, -0.15) is 5.10 Å². The summed E-state index contributed by atoms with van der Waals surface area (Å²) < 4.78 is 2.18. The molecule has 1 N–H and O–H groups in total. The van der Waals surface area contributed by atoms with E-state index in [0.717, 1.165) is 13.1 Å². The van der Waals surface area contributed by atoms with Crippen molar-refractivity contribution in [2.45, 2.75) is 33.2 Å². The molecule has 1 fully saturated rings. The van der Waals surface area contributed by atoms with Gasteiger partial charge in [0.15, 0.2) is 0 Å². The van der Waals surface area contributed by atoms with Crippen molar-refractivity contribution in [2.75, 3.05) is 13.1 Å². The highest BCUT2D eigenvalue weighted by Gasteiger charge is 2.16. The SMILES string of the molecule is Cc1cccc(-c2cnn(CC3CCCNC3)c2C)c1. The van der Waals surface area contributed by atoms with E-state index in [2.05, 4.69) is 53.2 Å². The largest absolute Gasteiger partial charge is 0.316 e. The second kappa shape index (κ2) is 5.80. The van der Waals surface area contributed by atoms with Crippen LogP contribution in [0.5, 0.6) is 0 Å². The summed E-state index contributed by atoms with van der Waals surface area (Å²) in [7, 11) is 0. The molecule has 0 aliphatic carbocycles. The first-order valence-corrected chi connectivity index (χ1v) is 7.54. The Labute approximate surface area is 121 Å². The fraction of sp³-hybridized carbons (Fsp3) is 0.471. The van der Waals surface area contributed by atoms with Gasteiger partial charge in [0.2, 0.25) is 0 Å². The maximum atomic E-state index is 4.60. The van der Waals surface area contributed by atoms with E-state index in [-0.39, 0.29) is 0 Å². The molecule has 3 heteroatoms. The molecule has 3 nitrogen and oxygen atoms in total. The Kier molecular flexibility index (Phi) is 3.88. The normalized spacial score (nSPS) is 19.2. The predicted octanol–water partition coefficient (Wildman–Crippen LogP) is 3.17. The van der Waals surface area contributed by atoms with Crippen LogP contribution in [0.1, 0.15) is 24.1 Å². The summed E-state index contributed by atoms with van der Waals surface area (Å²) in [5.41, 5.74) is 5.11. The average Bonchev–Trinajstić information content (AvgIpc) is 2.81. The summed E-state index contributed by atoms with van der Waals surface area (Å²) in [6.45, 7) is 7.64. The third kappa shape index (κ3) is 2.78. The van der Waals surface area contributed by atoms with Gasteiger partial charge in [0, 0.05) is 17.8 Å². The van der Waals surface area contributed by atoms with Crippen molar-refractivity contribution < 1.29 is 0 Å². The minimum Gasteiger partial charge on any atom is -0.316 e. The molecule has 106 valence electrons. The van der Waals surface area contributed by atoms with E-state index in [1.807, 2.05) is 6.20 Å². The molecule has 1 aromatic carbocycles. The highest BCUT2D eigenvalue weighted by Crippen LogP contribution is 2.25. The van der Waals surface area contributed by atoms with Gasteiger partial charge in [0.25, 0.3) is 0 Å². The fourth-order valence-corrected chi connectivity index (χ4v) is 3.05. The zero-order valence-corrected chi connectivity index (χ0v) is 12.4. The quantitative estimate of drug-likeness (QED) is 0.927. The van der Waals surface area contributed by atoms with Crippen LogP contribution in [-0.2, 0) is 6.54 Å². The maximum absolute atomic E-state index is 4.60. The van der Waals surface area contributed by atoms with Gasteiger partial charge in [0.05, 0.1) is 6.20 Å². The standard InChI is InChI=1S/C17H23N3/c1-13-5-3-7-16(9-13)17-11-19-20(14(17)2)12-15-6-4-8-18-10-15/h3,5,7,9,11,15,18H,4,6,8,10,12H2,1-2H3. The molecule has 2 heterocycles. The lowest BCUT2D eigenvalue weighted by Gasteiger charge is -2.23. The molecule has 1 unspecified atom stereocenters. The number of aromatic nitrogens is 2.